The van der Waals surface area contributed by atoms with Crippen molar-refractivity contribution in [2.24, 2.45) is 11.8 Å². The van der Waals surface area contributed by atoms with Crippen molar-refractivity contribution in [1.29, 1.82) is 0 Å². The predicted octanol–water partition coefficient (Wildman–Crippen LogP) is 6.41. The van der Waals surface area contributed by atoms with Gasteiger partial charge in [0, 0.05) is 37.4 Å². The topological polar surface area (TPSA) is 188 Å². The number of carbonyl (C=O) groups is 2. The van der Waals surface area contributed by atoms with E-state index < -0.39 is 11.5 Å². The number of rotatable bonds is 37. The fourth-order valence-electron chi connectivity index (χ4n) is 9.05. The molecule has 18 nitrogen and oxygen atoms in total. The first kappa shape index (κ1) is 57.4. The second-order valence-corrected chi connectivity index (χ2v) is 18.3. The molecule has 0 amide bonds. The number of esters is 1. The molecular weight excluding hydrogens is 941 g/mol. The summed E-state index contributed by atoms with van der Waals surface area (Å²) in [4.78, 5) is 60.5. The summed E-state index contributed by atoms with van der Waals surface area (Å²) in [7, 11) is 1.64. The second-order valence-electron chi connectivity index (χ2n) is 18.3. The largest absolute Gasteiger partial charge is 0.460 e. The number of imidazole rings is 1. The van der Waals surface area contributed by atoms with Crippen molar-refractivity contribution in [3.05, 3.63) is 92.6 Å². The number of ether oxygens (including phenoxy) is 10. The molecule has 2 aliphatic carbocycles. The van der Waals surface area contributed by atoms with Crippen LogP contribution in [-0.4, -0.2) is 156 Å². The number of Topliss-reactive ketones (excluding diaryl/α,β-unsaturated/α-hetero) is 1. The third kappa shape index (κ3) is 20.1. The number of benzene rings is 2. The molecule has 0 saturated heterocycles. The van der Waals surface area contributed by atoms with Crippen molar-refractivity contribution >= 4 is 29.0 Å². The number of methoxy groups -OCH3 is 1. The highest BCUT2D eigenvalue weighted by atomic mass is 16.6. The standard InChI is InChI=1S/C55H78N4O14/c1-64-23-24-65-25-26-66-27-28-67-29-30-68-31-32-69-33-34-70-35-36-71-37-38-72-39-40-73-50(61)22-19-44-17-20-48(21-18-44)52-56-53-51(57(52)43-49(60)47-15-9-4-10-16-47)54(62)59(42-46-13-7-3-8-14-46)55(63)58(53)41-45-11-5-2-6-12-45/h4,9-10,15-22,45-46H,2-3,5-8,11-14,23-43H2,1H3/b22-19+. The minimum absolute atomic E-state index is 0.0820. The average Bonchev–Trinajstić information content (AvgIpc) is 3.79. The van der Waals surface area contributed by atoms with Gasteiger partial charge in [-0.05, 0) is 49.2 Å². The fourth-order valence-corrected chi connectivity index (χ4v) is 9.05. The minimum Gasteiger partial charge on any atom is -0.460 e. The molecule has 2 saturated carbocycles. The molecule has 0 unspecified atom stereocenters. The molecule has 2 aliphatic rings. The van der Waals surface area contributed by atoms with Gasteiger partial charge in [-0.15, -0.1) is 0 Å². The van der Waals surface area contributed by atoms with E-state index in [9.17, 15) is 19.2 Å². The Morgan fingerprint density at radius 1 is 0.548 bits per heavy atom. The number of hydrogen-bond donors (Lipinski definition) is 0. The normalized spacial score (nSPS) is 14.7. The number of ketones is 1. The summed E-state index contributed by atoms with van der Waals surface area (Å²) in [6.07, 6.45) is 13.7. The summed E-state index contributed by atoms with van der Waals surface area (Å²) < 4.78 is 58.9. The third-order valence-electron chi connectivity index (χ3n) is 12.9. The highest BCUT2D eigenvalue weighted by molar-refractivity contribution is 5.97. The van der Waals surface area contributed by atoms with Gasteiger partial charge in [0.25, 0.3) is 5.56 Å². The fraction of sp³-hybridized carbons (Fsp3) is 0.618. The van der Waals surface area contributed by atoms with E-state index >= 15 is 0 Å². The van der Waals surface area contributed by atoms with E-state index in [2.05, 4.69) is 0 Å². The smallest absolute Gasteiger partial charge is 0.332 e. The van der Waals surface area contributed by atoms with Gasteiger partial charge in [0.2, 0.25) is 0 Å². The number of carbonyl (C=O) groups excluding carboxylic acids is 2. The Balaban J connectivity index is 0.899. The zero-order valence-electron chi connectivity index (χ0n) is 42.9. The highest BCUT2D eigenvalue weighted by Crippen LogP contribution is 2.29. The van der Waals surface area contributed by atoms with Gasteiger partial charge in [0.15, 0.2) is 16.9 Å². The summed E-state index contributed by atoms with van der Waals surface area (Å²) in [5.74, 6) is 0.272. The lowest BCUT2D eigenvalue weighted by Crippen LogP contribution is -2.43. The van der Waals surface area contributed by atoms with Gasteiger partial charge >= 0.3 is 11.7 Å². The van der Waals surface area contributed by atoms with E-state index in [4.69, 9.17) is 52.4 Å². The summed E-state index contributed by atoms with van der Waals surface area (Å²) in [6.45, 7) is 8.60. The van der Waals surface area contributed by atoms with Crippen molar-refractivity contribution in [2.45, 2.75) is 83.8 Å². The Labute approximate surface area is 429 Å². The van der Waals surface area contributed by atoms with E-state index in [-0.39, 0.29) is 42.7 Å². The first-order valence-electron chi connectivity index (χ1n) is 26.3. The van der Waals surface area contributed by atoms with Gasteiger partial charge in [-0.25, -0.2) is 14.6 Å². The zero-order valence-corrected chi connectivity index (χ0v) is 42.9. The van der Waals surface area contributed by atoms with Crippen molar-refractivity contribution in [1.82, 2.24) is 18.7 Å². The van der Waals surface area contributed by atoms with Crippen LogP contribution in [0.5, 0.6) is 0 Å². The molecule has 0 aliphatic heterocycles. The third-order valence-corrected chi connectivity index (χ3v) is 12.9. The van der Waals surface area contributed by atoms with Crippen LogP contribution in [0.1, 0.15) is 80.1 Å². The molecule has 6 rings (SSSR count). The summed E-state index contributed by atoms with van der Waals surface area (Å²) in [6, 6.07) is 16.4. The van der Waals surface area contributed by atoms with Gasteiger partial charge in [-0.3, -0.25) is 18.7 Å². The first-order valence-corrected chi connectivity index (χ1v) is 26.3. The molecule has 0 spiro atoms. The van der Waals surface area contributed by atoms with E-state index in [1.54, 1.807) is 34.5 Å². The van der Waals surface area contributed by atoms with E-state index in [1.807, 2.05) is 42.5 Å². The Morgan fingerprint density at radius 3 is 1.48 bits per heavy atom. The van der Waals surface area contributed by atoms with Crippen molar-refractivity contribution < 1.29 is 57.0 Å². The summed E-state index contributed by atoms with van der Waals surface area (Å²) in [5.41, 5.74) is 1.77. The molecule has 2 aromatic heterocycles. The quantitative estimate of drug-likeness (QED) is 0.0209. The Bertz CT molecular complexity index is 2340. The van der Waals surface area contributed by atoms with Crippen molar-refractivity contribution in [3.63, 3.8) is 0 Å². The van der Waals surface area contributed by atoms with E-state index in [0.29, 0.717) is 147 Å². The Kier molecular flexibility index (Phi) is 26.6. The van der Waals surface area contributed by atoms with Crippen LogP contribution in [0.2, 0.25) is 0 Å². The number of nitrogens with zero attached hydrogens (tertiary/aromatic N) is 4. The SMILES string of the molecule is COCCOCCOCCOCCOCCOCCOCCOCCOCCOC(=O)/C=C/c1ccc(-c2nc3c(c(=O)n(CC4CCCCC4)c(=O)n3CC3CCCCC3)n2CC(=O)c2ccccc2)cc1. The molecule has 0 bridgehead atoms. The number of fused-ring (bicyclic) bond motifs is 1. The second kappa shape index (κ2) is 33.8. The van der Waals surface area contributed by atoms with Gasteiger partial charge in [0.1, 0.15) is 12.4 Å². The zero-order chi connectivity index (χ0) is 51.1. The first-order chi connectivity index (χ1) is 35.9. The molecule has 4 aromatic rings. The molecule has 0 radical (unpaired) electrons. The molecule has 2 aromatic carbocycles. The molecule has 0 N–H and O–H groups in total. The summed E-state index contributed by atoms with van der Waals surface area (Å²) in [5, 5.41) is 0. The molecule has 402 valence electrons. The number of aromatic nitrogens is 4. The minimum atomic E-state index is -0.515. The van der Waals surface area contributed by atoms with Gasteiger partial charge in [-0.1, -0.05) is 93.1 Å². The maximum absolute atomic E-state index is 14.6. The van der Waals surface area contributed by atoms with Crippen LogP contribution in [0, 0.1) is 11.8 Å². The van der Waals surface area contributed by atoms with Crippen LogP contribution in [0.15, 0.2) is 70.3 Å². The molecule has 73 heavy (non-hydrogen) atoms. The van der Waals surface area contributed by atoms with Crippen LogP contribution in [0.25, 0.3) is 28.6 Å². The van der Waals surface area contributed by atoms with Crippen LogP contribution >= 0.6 is 0 Å². The molecule has 18 heteroatoms. The molecular formula is C55H78N4O14. The molecule has 2 fully saturated rings. The monoisotopic (exact) mass is 1020 g/mol. The van der Waals surface area contributed by atoms with Crippen LogP contribution in [-0.2, 0) is 71.8 Å². The predicted molar refractivity (Wildman–Crippen MR) is 276 cm³/mol. The maximum Gasteiger partial charge on any atom is 0.332 e. The lowest BCUT2D eigenvalue weighted by molar-refractivity contribution is -0.139. The van der Waals surface area contributed by atoms with E-state index in [1.165, 1.54) is 23.5 Å². The number of hydrogen-bond acceptors (Lipinski definition) is 15. The van der Waals surface area contributed by atoms with Crippen molar-refractivity contribution in [3.8, 4) is 11.4 Å². The van der Waals surface area contributed by atoms with Gasteiger partial charge in [-0.2, -0.15) is 0 Å². The van der Waals surface area contributed by atoms with Gasteiger partial charge in [0.05, 0.1) is 119 Å². The van der Waals surface area contributed by atoms with E-state index in [0.717, 1.165) is 56.9 Å². The van der Waals surface area contributed by atoms with Gasteiger partial charge < -0.3 is 51.9 Å². The highest BCUT2D eigenvalue weighted by Gasteiger charge is 2.27. The Hall–Kier alpha value is -4.89. The average molecular weight is 1020 g/mol. The molecule has 2 heterocycles. The Morgan fingerprint density at radius 2 is 1.00 bits per heavy atom. The van der Waals surface area contributed by atoms with Crippen LogP contribution in [0.3, 0.4) is 0 Å². The maximum atomic E-state index is 14.6. The van der Waals surface area contributed by atoms with Crippen LogP contribution in [0.4, 0.5) is 0 Å². The summed E-state index contributed by atoms with van der Waals surface area (Å²) >= 11 is 0. The lowest BCUT2D eigenvalue weighted by Gasteiger charge is -2.25. The molecule has 0 atom stereocenters. The van der Waals surface area contributed by atoms with Crippen molar-refractivity contribution in [2.75, 3.05) is 126 Å². The lowest BCUT2D eigenvalue weighted by atomic mass is 9.89. The van der Waals surface area contributed by atoms with Crippen LogP contribution < -0.4 is 11.2 Å².